The summed E-state index contributed by atoms with van der Waals surface area (Å²) in [6.07, 6.45) is 2.30. The molecule has 0 aliphatic rings. The molecule has 0 saturated carbocycles. The van der Waals surface area contributed by atoms with Gasteiger partial charge in [-0.3, -0.25) is 4.90 Å². The van der Waals surface area contributed by atoms with Crippen LogP contribution in [0.1, 0.15) is 40.5 Å². The van der Waals surface area contributed by atoms with Gasteiger partial charge in [-0.05, 0) is 33.7 Å². The minimum Gasteiger partial charge on any atom is -0.329 e. The third-order valence-electron chi connectivity index (χ3n) is 3.30. The van der Waals surface area contributed by atoms with Crippen molar-refractivity contribution in [3.05, 3.63) is 0 Å². The van der Waals surface area contributed by atoms with Gasteiger partial charge in [0.25, 0.3) is 0 Å². The molecule has 0 spiro atoms. The fourth-order valence-electron chi connectivity index (χ4n) is 1.34. The summed E-state index contributed by atoms with van der Waals surface area (Å²) < 4.78 is 0. The van der Waals surface area contributed by atoms with Crippen LogP contribution in [0.5, 0.6) is 0 Å². The van der Waals surface area contributed by atoms with Gasteiger partial charge in [-0.2, -0.15) is 0 Å². The van der Waals surface area contributed by atoms with Crippen molar-refractivity contribution in [2.45, 2.75) is 52.1 Å². The Bertz CT molecular complexity index is 119. The van der Waals surface area contributed by atoms with Gasteiger partial charge in [0.15, 0.2) is 0 Å². The average molecular weight is 172 g/mol. The molecule has 2 heteroatoms. The normalized spacial score (nSPS) is 19.2. The third-order valence-corrected chi connectivity index (χ3v) is 3.30. The molecule has 0 amide bonds. The van der Waals surface area contributed by atoms with E-state index in [2.05, 4.69) is 39.6 Å². The first-order valence-corrected chi connectivity index (χ1v) is 4.94. The number of likely N-dealkylation sites (N-methyl/N-ethyl adjacent to an activating group) is 1. The van der Waals surface area contributed by atoms with E-state index in [0.29, 0.717) is 6.04 Å². The monoisotopic (exact) mass is 172 g/mol. The molecule has 2 N–H and O–H groups in total. The SMILES string of the molecule is CCC(C)N(C)C(C)(CC)CN. The van der Waals surface area contributed by atoms with Crippen molar-refractivity contribution in [2.24, 2.45) is 5.73 Å². The van der Waals surface area contributed by atoms with Gasteiger partial charge < -0.3 is 5.73 Å². The molecule has 0 heterocycles. The quantitative estimate of drug-likeness (QED) is 0.685. The highest BCUT2D eigenvalue weighted by atomic mass is 15.2. The first-order chi connectivity index (χ1) is 5.51. The van der Waals surface area contributed by atoms with Crippen molar-refractivity contribution in [2.75, 3.05) is 13.6 Å². The van der Waals surface area contributed by atoms with Crippen molar-refractivity contribution >= 4 is 0 Å². The topological polar surface area (TPSA) is 29.3 Å². The van der Waals surface area contributed by atoms with E-state index in [1.807, 2.05) is 0 Å². The molecule has 0 bridgehead atoms. The van der Waals surface area contributed by atoms with Crippen molar-refractivity contribution in [1.82, 2.24) is 4.90 Å². The minimum absolute atomic E-state index is 0.176. The number of hydrogen-bond acceptors (Lipinski definition) is 2. The fourth-order valence-corrected chi connectivity index (χ4v) is 1.34. The van der Waals surface area contributed by atoms with Crippen LogP contribution in [-0.2, 0) is 0 Å². The zero-order chi connectivity index (χ0) is 9.78. The second-order valence-electron chi connectivity index (χ2n) is 3.92. The Morgan fingerprint density at radius 3 is 2.17 bits per heavy atom. The Labute approximate surface area is 77.1 Å². The van der Waals surface area contributed by atoms with E-state index in [1.165, 1.54) is 6.42 Å². The molecule has 0 saturated heterocycles. The maximum Gasteiger partial charge on any atom is 0.0300 e. The maximum absolute atomic E-state index is 5.77. The molecule has 2 unspecified atom stereocenters. The summed E-state index contributed by atoms with van der Waals surface area (Å²) >= 11 is 0. The predicted molar refractivity (Wildman–Crippen MR) is 55.3 cm³/mol. The average Bonchev–Trinajstić information content (AvgIpc) is 2.14. The van der Waals surface area contributed by atoms with Crippen LogP contribution in [0.15, 0.2) is 0 Å². The van der Waals surface area contributed by atoms with Gasteiger partial charge in [-0.25, -0.2) is 0 Å². The van der Waals surface area contributed by atoms with Gasteiger partial charge >= 0.3 is 0 Å². The summed E-state index contributed by atoms with van der Waals surface area (Å²) in [4.78, 5) is 2.40. The van der Waals surface area contributed by atoms with Gasteiger partial charge in [-0.1, -0.05) is 13.8 Å². The predicted octanol–water partition coefficient (Wildman–Crippen LogP) is 1.84. The van der Waals surface area contributed by atoms with E-state index in [1.54, 1.807) is 0 Å². The van der Waals surface area contributed by atoms with E-state index in [4.69, 9.17) is 5.73 Å². The Morgan fingerprint density at radius 1 is 1.42 bits per heavy atom. The first-order valence-electron chi connectivity index (χ1n) is 4.94. The maximum atomic E-state index is 5.77. The third kappa shape index (κ3) is 2.46. The summed E-state index contributed by atoms with van der Waals surface area (Å²) in [6, 6.07) is 0.624. The van der Waals surface area contributed by atoms with Crippen LogP contribution in [0.2, 0.25) is 0 Å². The lowest BCUT2D eigenvalue weighted by Crippen LogP contribution is -2.52. The van der Waals surface area contributed by atoms with E-state index in [0.717, 1.165) is 13.0 Å². The van der Waals surface area contributed by atoms with Gasteiger partial charge in [0, 0.05) is 18.1 Å². The summed E-state index contributed by atoms with van der Waals surface area (Å²) in [6.45, 7) is 9.65. The summed E-state index contributed by atoms with van der Waals surface area (Å²) in [7, 11) is 2.17. The second-order valence-corrected chi connectivity index (χ2v) is 3.92. The zero-order valence-electron chi connectivity index (χ0n) is 9.22. The summed E-state index contributed by atoms with van der Waals surface area (Å²) in [5.74, 6) is 0. The van der Waals surface area contributed by atoms with Gasteiger partial charge in [0.2, 0.25) is 0 Å². The van der Waals surface area contributed by atoms with E-state index in [9.17, 15) is 0 Å². The van der Waals surface area contributed by atoms with Crippen molar-refractivity contribution in [1.29, 1.82) is 0 Å². The van der Waals surface area contributed by atoms with Crippen LogP contribution < -0.4 is 5.73 Å². The summed E-state index contributed by atoms with van der Waals surface area (Å²) in [5.41, 5.74) is 5.95. The molecule has 74 valence electrons. The number of rotatable bonds is 5. The van der Waals surface area contributed by atoms with Gasteiger partial charge in [-0.15, -0.1) is 0 Å². The second kappa shape index (κ2) is 4.83. The largest absolute Gasteiger partial charge is 0.329 e. The Morgan fingerprint density at radius 2 is 1.92 bits per heavy atom. The lowest BCUT2D eigenvalue weighted by Gasteiger charge is -2.41. The minimum atomic E-state index is 0.176. The molecule has 0 rings (SSSR count). The smallest absolute Gasteiger partial charge is 0.0300 e. The molecular weight excluding hydrogens is 148 g/mol. The molecule has 0 aliphatic carbocycles. The molecule has 0 fully saturated rings. The highest BCUT2D eigenvalue weighted by molar-refractivity contribution is 4.86. The summed E-state index contributed by atoms with van der Waals surface area (Å²) in [5, 5.41) is 0. The van der Waals surface area contributed by atoms with Crippen LogP contribution in [-0.4, -0.2) is 30.1 Å². The molecule has 2 atom stereocenters. The zero-order valence-corrected chi connectivity index (χ0v) is 9.22. The van der Waals surface area contributed by atoms with Crippen LogP contribution in [0.4, 0.5) is 0 Å². The molecule has 0 aromatic rings. The number of nitrogens with two attached hydrogens (primary N) is 1. The highest BCUT2D eigenvalue weighted by Gasteiger charge is 2.27. The van der Waals surface area contributed by atoms with Crippen LogP contribution in [0.25, 0.3) is 0 Å². The molecule has 0 aliphatic heterocycles. The lowest BCUT2D eigenvalue weighted by atomic mass is 9.95. The molecule has 0 aromatic heterocycles. The van der Waals surface area contributed by atoms with Crippen LogP contribution in [0, 0.1) is 0 Å². The first kappa shape index (κ1) is 11.9. The fraction of sp³-hybridized carbons (Fsp3) is 1.00. The lowest BCUT2D eigenvalue weighted by molar-refractivity contribution is 0.0944. The Balaban J connectivity index is 4.29. The molecular formula is C10H24N2. The van der Waals surface area contributed by atoms with Crippen LogP contribution >= 0.6 is 0 Å². The standard InChI is InChI=1S/C10H24N2/c1-6-9(3)12(5)10(4,7-2)8-11/h9H,6-8,11H2,1-5H3. The molecule has 0 radical (unpaired) electrons. The number of hydrogen-bond donors (Lipinski definition) is 1. The molecule has 0 aromatic carbocycles. The van der Waals surface area contributed by atoms with Crippen molar-refractivity contribution in [3.8, 4) is 0 Å². The van der Waals surface area contributed by atoms with Crippen molar-refractivity contribution in [3.63, 3.8) is 0 Å². The molecule has 2 nitrogen and oxygen atoms in total. The van der Waals surface area contributed by atoms with Crippen LogP contribution in [0.3, 0.4) is 0 Å². The van der Waals surface area contributed by atoms with E-state index < -0.39 is 0 Å². The van der Waals surface area contributed by atoms with Gasteiger partial charge in [0.05, 0.1) is 0 Å². The van der Waals surface area contributed by atoms with E-state index in [-0.39, 0.29) is 5.54 Å². The van der Waals surface area contributed by atoms with E-state index >= 15 is 0 Å². The Hall–Kier alpha value is -0.0800. The van der Waals surface area contributed by atoms with Crippen molar-refractivity contribution < 1.29 is 0 Å². The molecule has 12 heavy (non-hydrogen) atoms. The van der Waals surface area contributed by atoms with Gasteiger partial charge in [0.1, 0.15) is 0 Å². The number of nitrogens with zero attached hydrogens (tertiary/aromatic N) is 1. The highest BCUT2D eigenvalue weighted by Crippen LogP contribution is 2.19. The Kier molecular flexibility index (Phi) is 4.80.